The molecule has 1 aromatic heterocycles. The number of hydrogen-bond donors (Lipinski definition) is 1. The van der Waals surface area contributed by atoms with Gasteiger partial charge in [0.1, 0.15) is 12.4 Å². The highest BCUT2D eigenvalue weighted by molar-refractivity contribution is 7.85. The van der Waals surface area contributed by atoms with Crippen molar-refractivity contribution in [3.63, 3.8) is 0 Å². The standard InChI is InChI=1S/C8H14N2O3S.CH4O3S/c1-2-9-5-6-10(8-9)4-3-7-14(11,12)13;1-5(2,3)4/h5-6,8H,2-4,7H2,1H3;1H3,(H,2,3,4). The molecule has 0 aliphatic carbocycles. The van der Waals surface area contributed by atoms with Crippen LogP contribution >= 0.6 is 0 Å². The largest absolute Gasteiger partial charge is 0.748 e. The molecule has 0 bridgehead atoms. The molecule has 1 aromatic rings. The average molecular weight is 314 g/mol. The summed E-state index contributed by atoms with van der Waals surface area (Å²) in [4.78, 5) is 0. The summed E-state index contributed by atoms with van der Waals surface area (Å²) in [5, 5.41) is 0. The molecule has 0 aliphatic heterocycles. The SMILES string of the molecule is CC[n+]1ccn(CCCS(=O)(=O)O)c1.CS(=O)(=O)[O-]. The molecule has 10 heteroatoms. The molecular formula is C9H18N2O6S2. The monoisotopic (exact) mass is 314 g/mol. The third-order valence-corrected chi connectivity index (χ3v) is 2.73. The van der Waals surface area contributed by atoms with Crippen LogP contribution in [0.4, 0.5) is 0 Å². The van der Waals surface area contributed by atoms with Gasteiger partial charge in [0.25, 0.3) is 10.1 Å². The van der Waals surface area contributed by atoms with Gasteiger partial charge in [0.15, 0.2) is 0 Å². The predicted octanol–water partition coefficient (Wildman–Crippen LogP) is -0.765. The lowest BCUT2D eigenvalue weighted by molar-refractivity contribution is -0.693. The van der Waals surface area contributed by atoms with Gasteiger partial charge < -0.3 is 4.55 Å². The fourth-order valence-electron chi connectivity index (χ4n) is 1.19. The van der Waals surface area contributed by atoms with Gasteiger partial charge in [-0.05, 0) is 6.92 Å². The summed E-state index contributed by atoms with van der Waals surface area (Å²) in [5.74, 6) is -0.183. The highest BCUT2D eigenvalue weighted by Crippen LogP contribution is 1.93. The molecule has 0 spiro atoms. The maximum atomic E-state index is 10.4. The molecule has 1 heterocycles. The summed E-state index contributed by atoms with van der Waals surface area (Å²) in [5.41, 5.74) is 0. The van der Waals surface area contributed by atoms with E-state index in [-0.39, 0.29) is 5.75 Å². The van der Waals surface area contributed by atoms with Gasteiger partial charge in [0.05, 0.1) is 29.0 Å². The van der Waals surface area contributed by atoms with E-state index in [0.29, 0.717) is 19.2 Å². The Bertz CT molecular complexity index is 568. The zero-order chi connectivity index (χ0) is 15.1. The molecular weight excluding hydrogens is 296 g/mol. The van der Waals surface area contributed by atoms with Gasteiger partial charge in [0, 0.05) is 12.7 Å². The van der Waals surface area contributed by atoms with Crippen LogP contribution < -0.4 is 4.57 Å². The molecule has 0 aromatic carbocycles. The van der Waals surface area contributed by atoms with Crippen molar-refractivity contribution < 1.29 is 30.5 Å². The Hall–Kier alpha value is -0.970. The van der Waals surface area contributed by atoms with Crippen molar-refractivity contribution in [2.75, 3.05) is 12.0 Å². The molecule has 0 unspecified atom stereocenters. The average Bonchev–Trinajstić information content (AvgIpc) is 2.61. The molecule has 0 aliphatic rings. The van der Waals surface area contributed by atoms with Gasteiger partial charge in [-0.3, -0.25) is 4.55 Å². The Balaban J connectivity index is 0.000000555. The summed E-state index contributed by atoms with van der Waals surface area (Å²) in [6, 6.07) is 0. The quantitative estimate of drug-likeness (QED) is 0.563. The van der Waals surface area contributed by atoms with E-state index in [1.165, 1.54) is 0 Å². The first-order valence-electron chi connectivity index (χ1n) is 5.42. The van der Waals surface area contributed by atoms with E-state index in [4.69, 9.17) is 17.5 Å². The van der Waals surface area contributed by atoms with Gasteiger partial charge in [-0.15, -0.1) is 0 Å². The van der Waals surface area contributed by atoms with Gasteiger partial charge in [-0.25, -0.2) is 17.6 Å². The molecule has 1 rings (SSSR count). The Morgan fingerprint density at radius 3 is 2.21 bits per heavy atom. The van der Waals surface area contributed by atoms with Crippen LogP contribution in [0.5, 0.6) is 0 Å². The first kappa shape index (κ1) is 18.0. The Labute approximate surface area is 113 Å². The van der Waals surface area contributed by atoms with E-state index in [0.717, 1.165) is 6.54 Å². The second-order valence-corrected chi connectivity index (χ2v) is 6.81. The van der Waals surface area contributed by atoms with Crippen LogP contribution in [0.1, 0.15) is 13.3 Å². The van der Waals surface area contributed by atoms with Crippen molar-refractivity contribution in [1.82, 2.24) is 4.57 Å². The van der Waals surface area contributed by atoms with Crippen molar-refractivity contribution in [2.45, 2.75) is 26.4 Å². The third kappa shape index (κ3) is 13.3. The predicted molar refractivity (Wildman–Crippen MR) is 67.0 cm³/mol. The zero-order valence-corrected chi connectivity index (χ0v) is 12.4. The number of rotatable bonds is 5. The highest BCUT2D eigenvalue weighted by atomic mass is 32.2. The van der Waals surface area contributed by atoms with Crippen LogP contribution in [0.2, 0.25) is 0 Å². The summed E-state index contributed by atoms with van der Waals surface area (Å²) < 4.78 is 60.5. The summed E-state index contributed by atoms with van der Waals surface area (Å²) in [6.07, 6.45) is 6.75. The number of aromatic nitrogens is 2. The van der Waals surface area contributed by atoms with Crippen molar-refractivity contribution in [3.8, 4) is 0 Å². The normalized spacial score (nSPS) is 11.8. The van der Waals surface area contributed by atoms with Gasteiger partial charge in [0.2, 0.25) is 6.33 Å². The number of imidazole rings is 1. The Morgan fingerprint density at radius 2 is 1.84 bits per heavy atom. The van der Waals surface area contributed by atoms with E-state index < -0.39 is 20.2 Å². The molecule has 112 valence electrons. The fraction of sp³-hybridized carbons (Fsp3) is 0.667. The first-order valence-corrected chi connectivity index (χ1v) is 8.84. The molecule has 0 saturated heterocycles. The van der Waals surface area contributed by atoms with Gasteiger partial charge in [-0.2, -0.15) is 8.42 Å². The Kier molecular flexibility index (Phi) is 7.19. The fourth-order valence-corrected chi connectivity index (χ4v) is 1.68. The molecule has 0 atom stereocenters. The van der Waals surface area contributed by atoms with E-state index in [2.05, 4.69) is 0 Å². The lowest BCUT2D eigenvalue weighted by atomic mass is 10.5. The molecule has 0 radical (unpaired) electrons. The zero-order valence-electron chi connectivity index (χ0n) is 10.8. The van der Waals surface area contributed by atoms with Crippen LogP contribution in [0.25, 0.3) is 0 Å². The van der Waals surface area contributed by atoms with Crippen LogP contribution in [-0.2, 0) is 33.3 Å². The highest BCUT2D eigenvalue weighted by Gasteiger charge is 2.06. The van der Waals surface area contributed by atoms with Crippen LogP contribution in [-0.4, -0.2) is 42.5 Å². The number of aryl methyl sites for hydroxylation is 2. The Morgan fingerprint density at radius 1 is 1.32 bits per heavy atom. The lowest BCUT2D eigenvalue weighted by Gasteiger charge is -1.95. The second-order valence-electron chi connectivity index (χ2n) is 3.83. The number of hydrogen-bond acceptors (Lipinski definition) is 5. The first-order chi connectivity index (χ1) is 8.51. The van der Waals surface area contributed by atoms with Gasteiger partial charge in [-0.1, -0.05) is 0 Å². The smallest absolute Gasteiger partial charge is 0.265 e. The van der Waals surface area contributed by atoms with E-state index in [9.17, 15) is 8.42 Å². The van der Waals surface area contributed by atoms with Crippen molar-refractivity contribution in [1.29, 1.82) is 0 Å². The van der Waals surface area contributed by atoms with E-state index in [1.54, 1.807) is 0 Å². The number of nitrogens with zero attached hydrogens (tertiary/aromatic N) is 2. The van der Waals surface area contributed by atoms with Crippen molar-refractivity contribution >= 4 is 20.2 Å². The van der Waals surface area contributed by atoms with Crippen LogP contribution in [0.15, 0.2) is 18.7 Å². The maximum absolute atomic E-state index is 10.4. The molecule has 8 nitrogen and oxygen atoms in total. The molecule has 0 saturated carbocycles. The van der Waals surface area contributed by atoms with E-state index >= 15 is 0 Å². The summed E-state index contributed by atoms with van der Waals surface area (Å²) >= 11 is 0. The van der Waals surface area contributed by atoms with Crippen molar-refractivity contribution in [2.24, 2.45) is 0 Å². The molecule has 0 fully saturated rings. The minimum atomic E-state index is -3.92. The summed E-state index contributed by atoms with van der Waals surface area (Å²) in [7, 11) is -7.73. The third-order valence-electron chi connectivity index (χ3n) is 1.93. The van der Waals surface area contributed by atoms with Crippen LogP contribution in [0.3, 0.4) is 0 Å². The van der Waals surface area contributed by atoms with Crippen molar-refractivity contribution in [3.05, 3.63) is 18.7 Å². The minimum absolute atomic E-state index is 0.183. The molecule has 0 amide bonds. The second kappa shape index (κ2) is 7.58. The molecule has 19 heavy (non-hydrogen) atoms. The topological polar surface area (TPSA) is 120 Å². The summed E-state index contributed by atoms with van der Waals surface area (Å²) in [6.45, 7) is 3.53. The lowest BCUT2D eigenvalue weighted by Crippen LogP contribution is -2.28. The molecule has 1 N–H and O–H groups in total. The van der Waals surface area contributed by atoms with E-state index in [1.807, 2.05) is 34.8 Å². The van der Waals surface area contributed by atoms with Crippen LogP contribution in [0, 0.1) is 0 Å². The van der Waals surface area contributed by atoms with Gasteiger partial charge >= 0.3 is 0 Å². The maximum Gasteiger partial charge on any atom is 0.265 e. The minimum Gasteiger partial charge on any atom is -0.748 e.